The first-order valence-corrected chi connectivity index (χ1v) is 9.99. The molecule has 0 aliphatic carbocycles. The summed E-state index contributed by atoms with van der Waals surface area (Å²) in [5, 5.41) is 8.87. The Kier molecular flexibility index (Phi) is 5.36. The zero-order valence-corrected chi connectivity index (χ0v) is 16.0. The van der Waals surface area contributed by atoms with E-state index in [0.717, 1.165) is 49.2 Å². The van der Waals surface area contributed by atoms with E-state index in [9.17, 15) is 9.18 Å². The van der Waals surface area contributed by atoms with Gasteiger partial charge in [-0.1, -0.05) is 30.3 Å². The van der Waals surface area contributed by atoms with Crippen molar-refractivity contribution in [2.75, 3.05) is 26.2 Å². The van der Waals surface area contributed by atoms with Crippen LogP contribution in [0.1, 0.15) is 36.0 Å². The number of halogens is 1. The molecule has 4 nitrogen and oxygen atoms in total. The number of piperidine rings is 1. The van der Waals surface area contributed by atoms with E-state index in [1.165, 1.54) is 11.6 Å². The van der Waals surface area contributed by atoms with E-state index in [0.29, 0.717) is 19.6 Å². The molecule has 4 rings (SSSR count). The standard InChI is InChI=1S/C23H26FNO3/c24-20-4-2-1-3-18(20)7-5-17-6-8-19-21(15-17)28-16-23(19)10-13-25(14-11-23)12-9-22(26)27/h1-4,6,8,15H,5,7,9-14,16H2,(H,26,27). The molecule has 2 aromatic rings. The van der Waals surface area contributed by atoms with Gasteiger partial charge in [0.05, 0.1) is 13.0 Å². The molecule has 1 spiro atoms. The van der Waals surface area contributed by atoms with Gasteiger partial charge < -0.3 is 14.7 Å². The quantitative estimate of drug-likeness (QED) is 0.824. The van der Waals surface area contributed by atoms with Gasteiger partial charge in [-0.3, -0.25) is 4.79 Å². The molecule has 0 unspecified atom stereocenters. The van der Waals surface area contributed by atoms with Crippen molar-refractivity contribution in [2.45, 2.75) is 37.5 Å². The van der Waals surface area contributed by atoms with Crippen LogP contribution in [-0.4, -0.2) is 42.2 Å². The molecule has 0 saturated carbocycles. The van der Waals surface area contributed by atoms with Crippen molar-refractivity contribution in [1.82, 2.24) is 4.90 Å². The van der Waals surface area contributed by atoms with Gasteiger partial charge in [-0.15, -0.1) is 0 Å². The van der Waals surface area contributed by atoms with E-state index in [4.69, 9.17) is 9.84 Å². The molecule has 0 aromatic heterocycles. The number of rotatable bonds is 6. The Morgan fingerprint density at radius 1 is 1.14 bits per heavy atom. The third-order valence-corrected chi connectivity index (χ3v) is 6.22. The monoisotopic (exact) mass is 383 g/mol. The maximum Gasteiger partial charge on any atom is 0.304 e. The normalized spacial score (nSPS) is 18.0. The molecule has 0 atom stereocenters. The Labute approximate surface area is 164 Å². The number of nitrogens with zero attached hydrogens (tertiary/aromatic N) is 1. The van der Waals surface area contributed by atoms with Crippen molar-refractivity contribution >= 4 is 5.97 Å². The number of hydrogen-bond acceptors (Lipinski definition) is 3. The van der Waals surface area contributed by atoms with Crippen molar-refractivity contribution < 1.29 is 19.0 Å². The van der Waals surface area contributed by atoms with Crippen molar-refractivity contribution in [1.29, 1.82) is 0 Å². The average Bonchev–Trinajstić information content (AvgIpc) is 3.04. The number of carbonyl (C=O) groups is 1. The Morgan fingerprint density at radius 2 is 1.93 bits per heavy atom. The summed E-state index contributed by atoms with van der Waals surface area (Å²) in [5.74, 6) is 0.0799. The van der Waals surface area contributed by atoms with Gasteiger partial charge in [0.2, 0.25) is 0 Å². The molecule has 0 bridgehead atoms. The van der Waals surface area contributed by atoms with Gasteiger partial charge in [-0.25, -0.2) is 4.39 Å². The van der Waals surface area contributed by atoms with Crippen LogP contribution >= 0.6 is 0 Å². The van der Waals surface area contributed by atoms with Crippen LogP contribution in [0, 0.1) is 5.82 Å². The van der Waals surface area contributed by atoms with Crippen molar-refractivity contribution in [2.24, 2.45) is 0 Å². The van der Waals surface area contributed by atoms with Gasteiger partial charge >= 0.3 is 5.97 Å². The van der Waals surface area contributed by atoms with E-state index in [-0.39, 0.29) is 17.7 Å². The first kappa shape index (κ1) is 18.9. The number of likely N-dealkylation sites (tertiary alicyclic amines) is 1. The van der Waals surface area contributed by atoms with Crippen molar-refractivity contribution in [3.63, 3.8) is 0 Å². The van der Waals surface area contributed by atoms with Crippen molar-refractivity contribution in [3.05, 3.63) is 65.0 Å². The van der Waals surface area contributed by atoms with Crippen LogP contribution < -0.4 is 4.74 Å². The highest BCUT2D eigenvalue weighted by Crippen LogP contribution is 2.45. The van der Waals surface area contributed by atoms with Crippen LogP contribution in [0.2, 0.25) is 0 Å². The van der Waals surface area contributed by atoms with Gasteiger partial charge in [-0.2, -0.15) is 0 Å². The van der Waals surface area contributed by atoms with E-state index in [1.807, 2.05) is 12.1 Å². The molecule has 1 fully saturated rings. The predicted octanol–water partition coefficient (Wildman–Crippen LogP) is 3.81. The highest BCUT2D eigenvalue weighted by Gasteiger charge is 2.42. The minimum absolute atomic E-state index is 0.0547. The molecule has 2 aromatic carbocycles. The van der Waals surface area contributed by atoms with Crippen LogP contribution in [0.4, 0.5) is 4.39 Å². The Balaban J connectivity index is 1.40. The number of carboxylic acid groups (broad SMARTS) is 1. The lowest BCUT2D eigenvalue weighted by atomic mass is 9.74. The number of carboxylic acids is 1. The maximum absolute atomic E-state index is 13.8. The minimum Gasteiger partial charge on any atom is -0.492 e. The summed E-state index contributed by atoms with van der Waals surface area (Å²) >= 11 is 0. The Hall–Kier alpha value is -2.40. The lowest BCUT2D eigenvalue weighted by molar-refractivity contribution is -0.137. The largest absolute Gasteiger partial charge is 0.492 e. The van der Waals surface area contributed by atoms with Gasteiger partial charge in [0.1, 0.15) is 11.6 Å². The number of ether oxygens (including phenoxy) is 1. The van der Waals surface area contributed by atoms with Crippen LogP contribution in [0.5, 0.6) is 5.75 Å². The second-order valence-corrected chi connectivity index (χ2v) is 7.98. The van der Waals surface area contributed by atoms with Crippen LogP contribution in [0.25, 0.3) is 0 Å². The number of fused-ring (bicyclic) bond motifs is 2. The van der Waals surface area contributed by atoms with Gasteiger partial charge in [0.25, 0.3) is 0 Å². The summed E-state index contributed by atoms with van der Waals surface area (Å²) in [6.07, 6.45) is 3.65. The summed E-state index contributed by atoms with van der Waals surface area (Å²) in [4.78, 5) is 13.0. The summed E-state index contributed by atoms with van der Waals surface area (Å²) < 4.78 is 19.9. The van der Waals surface area contributed by atoms with Crippen LogP contribution in [0.3, 0.4) is 0 Å². The second-order valence-electron chi connectivity index (χ2n) is 7.98. The number of hydrogen-bond donors (Lipinski definition) is 1. The highest BCUT2D eigenvalue weighted by molar-refractivity contribution is 5.66. The molecule has 0 radical (unpaired) electrons. The molecule has 1 N–H and O–H groups in total. The SMILES string of the molecule is O=C(O)CCN1CCC2(CC1)COc1cc(CCc3ccccc3F)ccc12. The molecule has 1 saturated heterocycles. The number of aliphatic carboxylic acids is 1. The third kappa shape index (κ3) is 3.90. The predicted molar refractivity (Wildman–Crippen MR) is 105 cm³/mol. The summed E-state index contributed by atoms with van der Waals surface area (Å²) in [7, 11) is 0. The van der Waals surface area contributed by atoms with Crippen LogP contribution in [0.15, 0.2) is 42.5 Å². The molecule has 148 valence electrons. The number of aryl methyl sites for hydroxylation is 2. The maximum atomic E-state index is 13.8. The molecule has 2 heterocycles. The van der Waals surface area contributed by atoms with Gasteiger partial charge in [0, 0.05) is 17.5 Å². The molecule has 2 aliphatic rings. The fraction of sp³-hybridized carbons (Fsp3) is 0.435. The first-order valence-electron chi connectivity index (χ1n) is 9.99. The zero-order valence-electron chi connectivity index (χ0n) is 16.0. The minimum atomic E-state index is -0.738. The molecular weight excluding hydrogens is 357 g/mol. The Morgan fingerprint density at radius 3 is 2.68 bits per heavy atom. The highest BCUT2D eigenvalue weighted by atomic mass is 19.1. The summed E-state index contributed by atoms with van der Waals surface area (Å²) in [5.41, 5.74) is 3.24. The molecule has 2 aliphatic heterocycles. The van der Waals surface area contributed by atoms with Crippen molar-refractivity contribution in [3.8, 4) is 5.75 Å². The fourth-order valence-electron chi connectivity index (χ4n) is 4.43. The Bertz CT molecular complexity index is 859. The molecular formula is C23H26FNO3. The zero-order chi connectivity index (χ0) is 19.6. The first-order chi connectivity index (χ1) is 13.6. The molecule has 28 heavy (non-hydrogen) atoms. The molecule has 5 heteroatoms. The van der Waals surface area contributed by atoms with E-state index >= 15 is 0 Å². The van der Waals surface area contributed by atoms with Crippen LogP contribution in [-0.2, 0) is 23.1 Å². The molecule has 0 amide bonds. The van der Waals surface area contributed by atoms with E-state index in [2.05, 4.69) is 23.1 Å². The lowest BCUT2D eigenvalue weighted by Crippen LogP contribution is -2.44. The average molecular weight is 383 g/mol. The lowest BCUT2D eigenvalue weighted by Gasteiger charge is -2.38. The number of benzene rings is 2. The third-order valence-electron chi connectivity index (χ3n) is 6.22. The van der Waals surface area contributed by atoms with E-state index in [1.54, 1.807) is 6.07 Å². The summed E-state index contributed by atoms with van der Waals surface area (Å²) in [6, 6.07) is 13.4. The summed E-state index contributed by atoms with van der Waals surface area (Å²) in [6.45, 7) is 3.14. The smallest absolute Gasteiger partial charge is 0.304 e. The fourth-order valence-corrected chi connectivity index (χ4v) is 4.43. The van der Waals surface area contributed by atoms with Gasteiger partial charge in [-0.05, 0) is 62.0 Å². The van der Waals surface area contributed by atoms with E-state index < -0.39 is 5.97 Å². The topological polar surface area (TPSA) is 49.8 Å². The van der Waals surface area contributed by atoms with Gasteiger partial charge in [0.15, 0.2) is 0 Å². The second kappa shape index (κ2) is 7.92.